The van der Waals surface area contributed by atoms with Crippen LogP contribution in [-0.4, -0.2) is 37.8 Å². The topological polar surface area (TPSA) is 79.1 Å². The van der Waals surface area contributed by atoms with Crippen LogP contribution in [0.4, 0.5) is 0 Å². The maximum Gasteiger partial charge on any atom is 0.307 e. The summed E-state index contributed by atoms with van der Waals surface area (Å²) in [6, 6.07) is 12.5. The Morgan fingerprint density at radius 1 is 1.04 bits per heavy atom. The van der Waals surface area contributed by atoms with Crippen LogP contribution in [0, 0.1) is 0 Å². The van der Waals surface area contributed by atoms with Crippen molar-refractivity contribution in [3.05, 3.63) is 52.8 Å². The molecule has 0 aliphatic heterocycles. The molecule has 0 N–H and O–H groups in total. The van der Waals surface area contributed by atoms with Crippen LogP contribution in [0.5, 0.6) is 11.5 Å². The number of thiazole rings is 1. The number of carbonyl (C=O) groups excluding carboxylic acids is 2. The molecule has 3 aromatic rings. The maximum atomic E-state index is 12.6. The second-order valence-electron chi connectivity index (χ2n) is 5.82. The van der Waals surface area contributed by atoms with Crippen LogP contribution < -0.4 is 14.3 Å². The molecule has 0 unspecified atom stereocenters. The van der Waals surface area contributed by atoms with Gasteiger partial charge in [0.05, 0.1) is 38.0 Å². The molecule has 0 radical (unpaired) electrons. The molecule has 0 saturated carbocycles. The molecule has 0 spiro atoms. The van der Waals surface area contributed by atoms with Gasteiger partial charge in [0.1, 0.15) is 0 Å². The number of benzene rings is 2. The lowest BCUT2D eigenvalue weighted by Gasteiger charge is -2.09. The standard InChI is InChI=1S/C20H20N2O5S/c1-25-15-11-14-17(12-16(15)26-2)28-20(22(14)10-9-18(23)27-3)21-19(24)13-7-5-4-6-8-13/h4-8,11-12H,9-10H2,1-3H3. The first-order chi connectivity index (χ1) is 13.6. The predicted octanol–water partition coefficient (Wildman–Crippen LogP) is 3.02. The minimum atomic E-state index is -0.349. The molecule has 1 aromatic heterocycles. The van der Waals surface area contributed by atoms with Crippen molar-refractivity contribution in [1.82, 2.24) is 4.57 Å². The van der Waals surface area contributed by atoms with Gasteiger partial charge in [0.25, 0.3) is 5.91 Å². The fourth-order valence-electron chi connectivity index (χ4n) is 2.74. The molecule has 1 heterocycles. The van der Waals surface area contributed by atoms with Gasteiger partial charge in [-0.2, -0.15) is 4.99 Å². The van der Waals surface area contributed by atoms with Crippen LogP contribution in [0.3, 0.4) is 0 Å². The van der Waals surface area contributed by atoms with Crippen molar-refractivity contribution in [3.8, 4) is 11.5 Å². The molecular formula is C20H20N2O5S. The molecule has 8 heteroatoms. The Bertz CT molecular complexity index is 1070. The highest BCUT2D eigenvalue weighted by Gasteiger charge is 2.15. The summed E-state index contributed by atoms with van der Waals surface area (Å²) >= 11 is 1.34. The SMILES string of the molecule is COC(=O)CCn1c(=NC(=O)c2ccccc2)sc2cc(OC)c(OC)cc21. The number of ether oxygens (including phenoxy) is 3. The van der Waals surface area contributed by atoms with Gasteiger partial charge in [-0.15, -0.1) is 0 Å². The van der Waals surface area contributed by atoms with Crippen molar-refractivity contribution in [3.63, 3.8) is 0 Å². The molecule has 0 fully saturated rings. The van der Waals surface area contributed by atoms with E-state index in [0.717, 1.165) is 10.2 Å². The molecular weight excluding hydrogens is 380 g/mol. The number of amides is 1. The highest BCUT2D eigenvalue weighted by atomic mass is 32.1. The monoisotopic (exact) mass is 400 g/mol. The number of aromatic nitrogens is 1. The Hall–Kier alpha value is -3.13. The second kappa shape index (κ2) is 8.71. The van der Waals surface area contributed by atoms with Gasteiger partial charge in [-0.3, -0.25) is 9.59 Å². The third-order valence-corrected chi connectivity index (χ3v) is 5.21. The van der Waals surface area contributed by atoms with Gasteiger partial charge in [0.15, 0.2) is 16.3 Å². The first-order valence-corrected chi connectivity index (χ1v) is 9.35. The summed E-state index contributed by atoms with van der Waals surface area (Å²) in [5, 5.41) is 0. The lowest BCUT2D eigenvalue weighted by molar-refractivity contribution is -0.140. The van der Waals surface area contributed by atoms with E-state index in [1.807, 2.05) is 22.8 Å². The van der Waals surface area contributed by atoms with Gasteiger partial charge in [-0.25, -0.2) is 0 Å². The number of aryl methyl sites for hydroxylation is 1. The third-order valence-electron chi connectivity index (χ3n) is 4.17. The average molecular weight is 400 g/mol. The van der Waals surface area contributed by atoms with Crippen LogP contribution in [0.2, 0.25) is 0 Å². The van der Waals surface area contributed by atoms with Gasteiger partial charge in [-0.1, -0.05) is 29.5 Å². The van der Waals surface area contributed by atoms with Crippen LogP contribution in [0.1, 0.15) is 16.8 Å². The molecule has 0 bridgehead atoms. The van der Waals surface area contributed by atoms with Gasteiger partial charge >= 0.3 is 5.97 Å². The van der Waals surface area contributed by atoms with Crippen LogP contribution >= 0.6 is 11.3 Å². The second-order valence-corrected chi connectivity index (χ2v) is 6.83. The van der Waals surface area contributed by atoms with E-state index in [4.69, 9.17) is 14.2 Å². The zero-order valence-electron chi connectivity index (χ0n) is 15.8. The Kier molecular flexibility index (Phi) is 6.10. The van der Waals surface area contributed by atoms with Crippen molar-refractivity contribution in [2.45, 2.75) is 13.0 Å². The molecule has 0 atom stereocenters. The maximum absolute atomic E-state index is 12.6. The van der Waals surface area contributed by atoms with Crippen molar-refractivity contribution < 1.29 is 23.8 Å². The van der Waals surface area contributed by atoms with Crippen LogP contribution in [-0.2, 0) is 16.1 Å². The van der Waals surface area contributed by atoms with E-state index in [-0.39, 0.29) is 18.3 Å². The minimum absolute atomic E-state index is 0.156. The molecule has 146 valence electrons. The summed E-state index contributed by atoms with van der Waals surface area (Å²) in [5.74, 6) is 0.448. The Labute approximate surface area is 165 Å². The summed E-state index contributed by atoms with van der Waals surface area (Å²) in [5.41, 5.74) is 1.29. The van der Waals surface area contributed by atoms with E-state index in [1.54, 1.807) is 38.5 Å². The molecule has 7 nitrogen and oxygen atoms in total. The highest BCUT2D eigenvalue weighted by Crippen LogP contribution is 2.33. The summed E-state index contributed by atoms with van der Waals surface area (Å²) in [6.45, 7) is 0.322. The minimum Gasteiger partial charge on any atom is -0.493 e. The normalized spacial score (nSPS) is 11.5. The quantitative estimate of drug-likeness (QED) is 0.594. The van der Waals surface area contributed by atoms with Crippen molar-refractivity contribution in [2.75, 3.05) is 21.3 Å². The summed E-state index contributed by atoms with van der Waals surface area (Å²) in [6.07, 6.45) is 0.156. The predicted molar refractivity (Wildman–Crippen MR) is 106 cm³/mol. The molecule has 2 aromatic carbocycles. The van der Waals surface area contributed by atoms with Crippen molar-refractivity contribution in [2.24, 2.45) is 4.99 Å². The Balaban J connectivity index is 2.15. The number of rotatable bonds is 6. The van der Waals surface area contributed by atoms with Gasteiger partial charge in [0, 0.05) is 24.2 Å². The van der Waals surface area contributed by atoms with Gasteiger partial charge in [-0.05, 0) is 12.1 Å². The fourth-order valence-corrected chi connectivity index (χ4v) is 3.80. The number of fused-ring (bicyclic) bond motifs is 1. The van der Waals surface area contributed by atoms with Crippen LogP contribution in [0.25, 0.3) is 10.2 Å². The average Bonchev–Trinajstić information content (AvgIpc) is 3.07. The summed E-state index contributed by atoms with van der Waals surface area (Å²) in [7, 11) is 4.46. The van der Waals surface area contributed by atoms with E-state index in [2.05, 4.69) is 4.99 Å². The lowest BCUT2D eigenvalue weighted by atomic mass is 10.2. The number of hydrogen-bond donors (Lipinski definition) is 0. The molecule has 28 heavy (non-hydrogen) atoms. The first kappa shape index (κ1) is 19.6. The van der Waals surface area contributed by atoms with Crippen molar-refractivity contribution in [1.29, 1.82) is 0 Å². The molecule has 0 saturated heterocycles. The zero-order valence-corrected chi connectivity index (χ0v) is 16.6. The van der Waals surface area contributed by atoms with E-state index >= 15 is 0 Å². The molecule has 1 amide bonds. The lowest BCUT2D eigenvalue weighted by Crippen LogP contribution is -2.19. The largest absolute Gasteiger partial charge is 0.493 e. The highest BCUT2D eigenvalue weighted by molar-refractivity contribution is 7.16. The van der Waals surface area contributed by atoms with Gasteiger partial charge < -0.3 is 18.8 Å². The molecule has 0 aliphatic carbocycles. The zero-order chi connectivity index (χ0) is 20.1. The fraction of sp³-hybridized carbons (Fsp3) is 0.250. The van der Waals surface area contributed by atoms with E-state index in [0.29, 0.717) is 28.4 Å². The molecule has 0 aliphatic rings. The van der Waals surface area contributed by atoms with E-state index in [1.165, 1.54) is 18.4 Å². The Morgan fingerprint density at radius 2 is 1.71 bits per heavy atom. The number of hydrogen-bond acceptors (Lipinski definition) is 6. The number of esters is 1. The van der Waals surface area contributed by atoms with E-state index in [9.17, 15) is 9.59 Å². The van der Waals surface area contributed by atoms with Gasteiger partial charge in [0.2, 0.25) is 0 Å². The van der Waals surface area contributed by atoms with Crippen LogP contribution in [0.15, 0.2) is 47.5 Å². The summed E-state index contributed by atoms with van der Waals surface area (Å²) in [4.78, 5) is 29.0. The van der Waals surface area contributed by atoms with E-state index < -0.39 is 0 Å². The first-order valence-electron chi connectivity index (χ1n) is 8.53. The third kappa shape index (κ3) is 4.07. The molecule has 3 rings (SSSR count). The van der Waals surface area contributed by atoms with Crippen molar-refractivity contribution >= 4 is 33.4 Å². The summed E-state index contributed by atoms with van der Waals surface area (Å²) < 4.78 is 18.2. The smallest absolute Gasteiger partial charge is 0.307 e. The Morgan fingerprint density at radius 3 is 2.36 bits per heavy atom. The number of nitrogens with zero attached hydrogens (tertiary/aromatic N) is 2. The number of carbonyl (C=O) groups is 2. The number of methoxy groups -OCH3 is 3.